The molecular weight excluding hydrogens is 540 g/mol. The number of thioether (sulfide) groups is 1. The summed E-state index contributed by atoms with van der Waals surface area (Å²) in [6.07, 6.45) is 1.55. The number of aryl methyl sites for hydroxylation is 1. The number of rotatable bonds is 10. The van der Waals surface area contributed by atoms with Crippen molar-refractivity contribution in [1.82, 2.24) is 4.90 Å². The number of carbonyl (C=O) groups excluding carboxylic acids is 4. The number of halogens is 1. The van der Waals surface area contributed by atoms with E-state index in [0.717, 1.165) is 22.2 Å². The van der Waals surface area contributed by atoms with Crippen molar-refractivity contribution < 1.29 is 28.7 Å². The predicted octanol–water partition coefficient (Wildman–Crippen LogP) is 5.98. The lowest BCUT2D eigenvalue weighted by Crippen LogP contribution is -2.33. The van der Waals surface area contributed by atoms with Gasteiger partial charge in [0.05, 0.1) is 18.1 Å². The highest BCUT2D eigenvalue weighted by Crippen LogP contribution is 2.35. The second-order valence-electron chi connectivity index (χ2n) is 8.49. The zero-order chi connectivity index (χ0) is 27.9. The van der Waals surface area contributed by atoms with Crippen molar-refractivity contribution >= 4 is 58.0 Å². The first-order chi connectivity index (χ1) is 18.7. The molecule has 1 N–H and O–H groups in total. The monoisotopic (exact) mass is 564 g/mol. The highest BCUT2D eigenvalue weighted by atomic mass is 35.5. The van der Waals surface area contributed by atoms with Crippen LogP contribution in [0.3, 0.4) is 0 Å². The number of benzene rings is 3. The maximum absolute atomic E-state index is 12.9. The van der Waals surface area contributed by atoms with Crippen molar-refractivity contribution in [3.63, 3.8) is 0 Å². The van der Waals surface area contributed by atoms with Gasteiger partial charge in [-0.2, -0.15) is 0 Å². The van der Waals surface area contributed by atoms with Gasteiger partial charge in [-0.3, -0.25) is 24.1 Å². The summed E-state index contributed by atoms with van der Waals surface area (Å²) >= 11 is 6.62. The number of anilines is 1. The van der Waals surface area contributed by atoms with E-state index in [4.69, 9.17) is 21.1 Å². The summed E-state index contributed by atoms with van der Waals surface area (Å²) in [6.45, 7) is 3.46. The van der Waals surface area contributed by atoms with Crippen LogP contribution in [0, 0.1) is 6.92 Å². The van der Waals surface area contributed by atoms with Crippen LogP contribution in [0.2, 0.25) is 5.02 Å². The van der Waals surface area contributed by atoms with Crippen molar-refractivity contribution in [2.24, 2.45) is 0 Å². The fourth-order valence-corrected chi connectivity index (χ4v) is 4.67. The Labute approximate surface area is 234 Å². The number of amides is 3. The molecule has 0 atom stereocenters. The number of hydrogen-bond donors (Lipinski definition) is 1. The Balaban J connectivity index is 1.43. The average molecular weight is 565 g/mol. The van der Waals surface area contributed by atoms with Crippen LogP contribution in [0.1, 0.15) is 28.4 Å². The number of imide groups is 1. The normalized spacial score (nSPS) is 14.0. The second kappa shape index (κ2) is 12.6. The molecule has 10 heteroatoms. The van der Waals surface area contributed by atoms with Gasteiger partial charge in [0.1, 0.15) is 0 Å². The van der Waals surface area contributed by atoms with Gasteiger partial charge in [-0.15, -0.1) is 0 Å². The number of hydrogen-bond acceptors (Lipinski definition) is 7. The molecule has 1 heterocycles. The van der Waals surface area contributed by atoms with Crippen molar-refractivity contribution in [2.45, 2.75) is 13.8 Å². The van der Waals surface area contributed by atoms with Crippen LogP contribution in [-0.4, -0.2) is 47.5 Å². The van der Waals surface area contributed by atoms with Crippen LogP contribution in [-0.2, 0) is 9.59 Å². The van der Waals surface area contributed by atoms with E-state index in [9.17, 15) is 19.2 Å². The maximum atomic E-state index is 12.9. The summed E-state index contributed by atoms with van der Waals surface area (Å²) in [5.41, 5.74) is 2.58. The lowest BCUT2D eigenvalue weighted by molar-refractivity contribution is -0.122. The molecule has 0 spiro atoms. The summed E-state index contributed by atoms with van der Waals surface area (Å²) in [5.74, 6) is -0.513. The molecule has 1 aliphatic heterocycles. The van der Waals surface area contributed by atoms with Crippen LogP contribution in [0.4, 0.5) is 10.5 Å². The summed E-state index contributed by atoms with van der Waals surface area (Å²) < 4.78 is 11.4. The van der Waals surface area contributed by atoms with E-state index in [1.807, 2.05) is 38.1 Å². The number of nitrogens with one attached hydrogen (secondary N) is 1. The van der Waals surface area contributed by atoms with Gasteiger partial charge in [0.15, 0.2) is 23.9 Å². The van der Waals surface area contributed by atoms with E-state index in [2.05, 4.69) is 5.32 Å². The van der Waals surface area contributed by atoms with E-state index in [-0.39, 0.29) is 29.7 Å². The summed E-state index contributed by atoms with van der Waals surface area (Å²) in [4.78, 5) is 51.5. The number of ketones is 1. The molecule has 1 aliphatic rings. The van der Waals surface area contributed by atoms with E-state index in [1.54, 1.807) is 48.5 Å². The first-order valence-corrected chi connectivity index (χ1v) is 13.2. The molecule has 8 nitrogen and oxygen atoms in total. The Morgan fingerprint density at radius 3 is 2.46 bits per heavy atom. The molecule has 0 bridgehead atoms. The molecule has 0 unspecified atom stereocenters. The molecule has 39 heavy (non-hydrogen) atoms. The van der Waals surface area contributed by atoms with Crippen LogP contribution < -0.4 is 14.8 Å². The topological polar surface area (TPSA) is 102 Å². The maximum Gasteiger partial charge on any atom is 0.293 e. The van der Waals surface area contributed by atoms with Crippen molar-refractivity contribution in [3.8, 4) is 11.5 Å². The number of Topliss-reactive ketones (excluding diaryl/α,β-unsaturated/α-hetero) is 1. The molecule has 1 saturated heterocycles. The molecule has 4 rings (SSSR count). The fourth-order valence-electron chi connectivity index (χ4n) is 3.70. The molecule has 3 aromatic carbocycles. The van der Waals surface area contributed by atoms with Gasteiger partial charge in [-0.25, -0.2) is 0 Å². The Bertz CT molecular complexity index is 1450. The van der Waals surface area contributed by atoms with Crippen LogP contribution in [0.15, 0.2) is 71.6 Å². The molecule has 0 saturated carbocycles. The third-order valence-corrected chi connectivity index (χ3v) is 6.84. The number of para-hydroxylation sites is 1. The first-order valence-electron chi connectivity index (χ1n) is 12.0. The van der Waals surface area contributed by atoms with E-state index in [0.29, 0.717) is 39.9 Å². The lowest BCUT2D eigenvalue weighted by Gasteiger charge is -2.13. The van der Waals surface area contributed by atoms with E-state index >= 15 is 0 Å². The van der Waals surface area contributed by atoms with Gasteiger partial charge in [0.25, 0.3) is 17.1 Å². The van der Waals surface area contributed by atoms with E-state index in [1.165, 1.54) is 0 Å². The summed E-state index contributed by atoms with van der Waals surface area (Å²) in [5, 5.41) is 2.76. The zero-order valence-electron chi connectivity index (χ0n) is 21.2. The van der Waals surface area contributed by atoms with Gasteiger partial charge in [0, 0.05) is 16.3 Å². The van der Waals surface area contributed by atoms with Crippen molar-refractivity contribution in [1.29, 1.82) is 0 Å². The Morgan fingerprint density at radius 1 is 1.00 bits per heavy atom. The molecule has 3 amide bonds. The minimum Gasteiger partial charge on any atom is -0.490 e. The third-order valence-electron chi connectivity index (χ3n) is 5.68. The molecule has 3 aromatic rings. The standard InChI is InChI=1S/C29H25ClN2O6S/c1-3-37-25-14-19(8-13-24(25)38-17-27(34)31-22-7-5-4-6-18(22)2)15-26-28(35)32(29(36)39-26)16-23(33)20-9-11-21(30)12-10-20/h4-15H,3,16-17H2,1-2H3,(H,31,34)/b26-15-. The quantitative estimate of drug-likeness (QED) is 0.238. The minimum absolute atomic E-state index is 0.178. The summed E-state index contributed by atoms with van der Waals surface area (Å²) in [6, 6.07) is 18.6. The summed E-state index contributed by atoms with van der Waals surface area (Å²) in [7, 11) is 0. The Morgan fingerprint density at radius 2 is 1.74 bits per heavy atom. The number of nitrogens with zero attached hydrogens (tertiary/aromatic N) is 1. The van der Waals surface area contributed by atoms with Gasteiger partial charge in [-0.05, 0) is 85.3 Å². The molecule has 200 valence electrons. The second-order valence-corrected chi connectivity index (χ2v) is 9.92. The van der Waals surface area contributed by atoms with Gasteiger partial charge < -0.3 is 14.8 Å². The highest BCUT2D eigenvalue weighted by Gasteiger charge is 2.36. The van der Waals surface area contributed by atoms with Crippen LogP contribution in [0.5, 0.6) is 11.5 Å². The van der Waals surface area contributed by atoms with Crippen molar-refractivity contribution in [2.75, 3.05) is 25.1 Å². The SMILES string of the molecule is CCOc1cc(/C=C2\SC(=O)N(CC(=O)c3ccc(Cl)cc3)C2=O)ccc1OCC(=O)Nc1ccccc1C. The molecule has 0 aromatic heterocycles. The molecular formula is C29H25ClN2O6S. The number of ether oxygens (including phenoxy) is 2. The van der Waals surface area contributed by atoms with Crippen LogP contribution in [0.25, 0.3) is 6.08 Å². The van der Waals surface area contributed by atoms with Gasteiger partial charge >= 0.3 is 0 Å². The van der Waals surface area contributed by atoms with Crippen LogP contribution >= 0.6 is 23.4 Å². The van der Waals surface area contributed by atoms with E-state index < -0.39 is 11.1 Å². The lowest BCUT2D eigenvalue weighted by atomic mass is 10.1. The Hall–Kier alpha value is -4.08. The highest BCUT2D eigenvalue weighted by molar-refractivity contribution is 8.18. The average Bonchev–Trinajstić information content (AvgIpc) is 3.17. The number of carbonyl (C=O) groups is 4. The zero-order valence-corrected chi connectivity index (χ0v) is 22.8. The van der Waals surface area contributed by atoms with Gasteiger partial charge in [-0.1, -0.05) is 35.9 Å². The predicted molar refractivity (Wildman–Crippen MR) is 151 cm³/mol. The molecule has 0 aliphatic carbocycles. The van der Waals surface area contributed by atoms with Gasteiger partial charge in [0.2, 0.25) is 0 Å². The van der Waals surface area contributed by atoms with Crippen molar-refractivity contribution in [3.05, 3.63) is 93.3 Å². The third kappa shape index (κ3) is 7.07. The molecule has 1 fully saturated rings. The smallest absolute Gasteiger partial charge is 0.293 e. The Kier molecular flexibility index (Phi) is 9.06. The largest absolute Gasteiger partial charge is 0.490 e. The molecule has 0 radical (unpaired) electrons. The first kappa shape index (κ1) is 27.9. The fraction of sp³-hybridized carbons (Fsp3) is 0.172. The minimum atomic E-state index is -0.557.